The summed E-state index contributed by atoms with van der Waals surface area (Å²) < 4.78 is 0. The minimum Gasteiger partial charge on any atom is -0.352 e. The molecule has 1 fully saturated rings. The van der Waals surface area contributed by atoms with Crippen LogP contribution in [0.3, 0.4) is 0 Å². The average Bonchev–Trinajstić information content (AvgIpc) is 3.45. The zero-order valence-electron chi connectivity index (χ0n) is 15.4. The third kappa shape index (κ3) is 4.28. The maximum absolute atomic E-state index is 12.6. The summed E-state index contributed by atoms with van der Waals surface area (Å²) in [7, 11) is 0. The molecule has 6 nitrogen and oxygen atoms in total. The van der Waals surface area contributed by atoms with E-state index in [0.717, 1.165) is 30.5 Å². The summed E-state index contributed by atoms with van der Waals surface area (Å²) in [5.41, 5.74) is 3.40. The standard InChI is InChI=1S/C22H22N4O2/c27-21(23-13-12-15-6-2-1-3-7-15)17-8-4-5-9-18(17)24-22(28)20-14-19(25-26-20)16-10-11-16/h1-9,14,16H,10-13H2,(H,23,27)(H,24,28)(H,25,26). The van der Waals surface area contributed by atoms with Gasteiger partial charge in [-0.05, 0) is 43.0 Å². The number of H-pyrrole nitrogens is 1. The smallest absolute Gasteiger partial charge is 0.276 e. The van der Waals surface area contributed by atoms with Gasteiger partial charge in [0.1, 0.15) is 0 Å². The molecule has 6 heteroatoms. The van der Waals surface area contributed by atoms with E-state index >= 15 is 0 Å². The van der Waals surface area contributed by atoms with Crippen LogP contribution in [0.2, 0.25) is 0 Å². The molecule has 2 aromatic carbocycles. The van der Waals surface area contributed by atoms with Gasteiger partial charge in [-0.3, -0.25) is 14.7 Å². The van der Waals surface area contributed by atoms with E-state index < -0.39 is 0 Å². The summed E-state index contributed by atoms with van der Waals surface area (Å²) in [5, 5.41) is 12.7. The molecule has 1 aliphatic carbocycles. The number of hydrogen-bond donors (Lipinski definition) is 3. The molecule has 0 atom stereocenters. The number of carbonyl (C=O) groups excluding carboxylic acids is 2. The second-order valence-electron chi connectivity index (χ2n) is 6.97. The Morgan fingerprint density at radius 2 is 1.75 bits per heavy atom. The number of nitrogens with one attached hydrogen (secondary N) is 3. The summed E-state index contributed by atoms with van der Waals surface area (Å²) in [5.74, 6) is -0.0445. The van der Waals surface area contributed by atoms with E-state index in [1.54, 1.807) is 30.3 Å². The van der Waals surface area contributed by atoms with Crippen molar-refractivity contribution in [3.8, 4) is 0 Å². The van der Waals surface area contributed by atoms with Crippen LogP contribution >= 0.6 is 0 Å². The van der Waals surface area contributed by atoms with Crippen molar-refractivity contribution in [3.05, 3.63) is 83.2 Å². The third-order valence-electron chi connectivity index (χ3n) is 4.81. The third-order valence-corrected chi connectivity index (χ3v) is 4.81. The van der Waals surface area contributed by atoms with Crippen molar-refractivity contribution in [2.24, 2.45) is 0 Å². The lowest BCUT2D eigenvalue weighted by atomic mass is 10.1. The Balaban J connectivity index is 1.39. The Labute approximate surface area is 163 Å². The lowest BCUT2D eigenvalue weighted by Gasteiger charge is -2.11. The first kappa shape index (κ1) is 18.0. The van der Waals surface area contributed by atoms with E-state index in [1.165, 1.54) is 0 Å². The lowest BCUT2D eigenvalue weighted by molar-refractivity contribution is 0.0955. The fourth-order valence-electron chi connectivity index (χ4n) is 3.09. The predicted molar refractivity (Wildman–Crippen MR) is 107 cm³/mol. The first-order valence-electron chi connectivity index (χ1n) is 9.48. The summed E-state index contributed by atoms with van der Waals surface area (Å²) >= 11 is 0. The van der Waals surface area contributed by atoms with Crippen LogP contribution in [0.15, 0.2) is 60.7 Å². The Morgan fingerprint density at radius 1 is 1.00 bits per heavy atom. The van der Waals surface area contributed by atoms with Gasteiger partial charge in [0.05, 0.1) is 11.3 Å². The number of rotatable bonds is 7. The number of hydrogen-bond acceptors (Lipinski definition) is 3. The van der Waals surface area contributed by atoms with Crippen molar-refractivity contribution in [3.63, 3.8) is 0 Å². The zero-order valence-corrected chi connectivity index (χ0v) is 15.4. The summed E-state index contributed by atoms with van der Waals surface area (Å²) in [4.78, 5) is 25.1. The zero-order chi connectivity index (χ0) is 19.3. The normalized spacial score (nSPS) is 13.1. The first-order chi connectivity index (χ1) is 13.7. The van der Waals surface area contributed by atoms with Crippen LogP contribution in [0, 0.1) is 0 Å². The molecule has 4 rings (SSSR count). The summed E-state index contributed by atoms with van der Waals surface area (Å²) in [6.45, 7) is 0.523. The maximum Gasteiger partial charge on any atom is 0.276 e. The molecule has 1 heterocycles. The number of aromatic amines is 1. The van der Waals surface area contributed by atoms with Gasteiger partial charge in [-0.1, -0.05) is 42.5 Å². The molecule has 1 saturated carbocycles. The second-order valence-corrected chi connectivity index (χ2v) is 6.97. The topological polar surface area (TPSA) is 86.9 Å². The highest BCUT2D eigenvalue weighted by atomic mass is 16.2. The number of amides is 2. The van der Waals surface area contributed by atoms with E-state index in [-0.39, 0.29) is 11.8 Å². The van der Waals surface area contributed by atoms with Crippen molar-refractivity contribution in [2.45, 2.75) is 25.2 Å². The highest BCUT2D eigenvalue weighted by Crippen LogP contribution is 2.39. The van der Waals surface area contributed by atoms with E-state index in [9.17, 15) is 9.59 Å². The van der Waals surface area contributed by atoms with Gasteiger partial charge in [0.2, 0.25) is 0 Å². The van der Waals surface area contributed by atoms with Gasteiger partial charge in [-0.2, -0.15) is 5.10 Å². The van der Waals surface area contributed by atoms with Crippen LogP contribution < -0.4 is 10.6 Å². The number of carbonyl (C=O) groups is 2. The van der Waals surface area contributed by atoms with Crippen LogP contribution in [-0.2, 0) is 6.42 Å². The molecule has 2 amide bonds. The Kier molecular flexibility index (Phi) is 5.19. The van der Waals surface area contributed by atoms with Gasteiger partial charge in [0.25, 0.3) is 11.8 Å². The Bertz CT molecular complexity index is 977. The van der Waals surface area contributed by atoms with Gasteiger partial charge in [0, 0.05) is 18.2 Å². The van der Waals surface area contributed by atoms with Gasteiger partial charge in [-0.25, -0.2) is 0 Å². The van der Waals surface area contributed by atoms with Crippen LogP contribution in [0.5, 0.6) is 0 Å². The highest BCUT2D eigenvalue weighted by Gasteiger charge is 2.26. The van der Waals surface area contributed by atoms with E-state index in [1.807, 2.05) is 30.3 Å². The lowest BCUT2D eigenvalue weighted by Crippen LogP contribution is -2.27. The minimum atomic E-state index is -0.326. The molecule has 0 radical (unpaired) electrons. The maximum atomic E-state index is 12.6. The second kappa shape index (κ2) is 8.08. The van der Waals surface area contributed by atoms with E-state index in [4.69, 9.17) is 0 Å². The van der Waals surface area contributed by atoms with E-state index in [2.05, 4.69) is 20.8 Å². The molecule has 0 aliphatic heterocycles. The molecule has 0 saturated heterocycles. The van der Waals surface area contributed by atoms with Crippen LogP contribution in [0.1, 0.15) is 50.9 Å². The first-order valence-corrected chi connectivity index (χ1v) is 9.48. The van der Waals surface area contributed by atoms with Crippen molar-refractivity contribution >= 4 is 17.5 Å². The number of benzene rings is 2. The van der Waals surface area contributed by atoms with Gasteiger partial charge in [-0.15, -0.1) is 0 Å². The predicted octanol–water partition coefficient (Wildman–Crippen LogP) is 3.51. The van der Waals surface area contributed by atoms with Crippen LogP contribution in [0.25, 0.3) is 0 Å². The number of para-hydroxylation sites is 1. The number of anilines is 1. The average molecular weight is 374 g/mol. The number of nitrogens with zero attached hydrogens (tertiary/aromatic N) is 1. The Morgan fingerprint density at radius 3 is 2.54 bits per heavy atom. The van der Waals surface area contributed by atoms with Crippen molar-refractivity contribution in [1.29, 1.82) is 0 Å². The quantitative estimate of drug-likeness (QED) is 0.591. The minimum absolute atomic E-state index is 0.215. The van der Waals surface area contributed by atoms with Crippen molar-refractivity contribution in [2.75, 3.05) is 11.9 Å². The fourth-order valence-corrected chi connectivity index (χ4v) is 3.09. The summed E-state index contributed by atoms with van der Waals surface area (Å²) in [6, 6.07) is 18.8. The highest BCUT2D eigenvalue weighted by molar-refractivity contribution is 6.08. The monoisotopic (exact) mass is 374 g/mol. The summed E-state index contributed by atoms with van der Waals surface area (Å²) in [6.07, 6.45) is 3.02. The van der Waals surface area contributed by atoms with Gasteiger partial charge in [0.15, 0.2) is 5.69 Å². The molecule has 142 valence electrons. The SMILES string of the molecule is O=C(Nc1ccccc1C(=O)NCCc1ccccc1)c1cc(C2CC2)[nH]n1. The molecule has 28 heavy (non-hydrogen) atoms. The van der Waals surface area contributed by atoms with Crippen molar-refractivity contribution < 1.29 is 9.59 Å². The molecule has 1 aliphatic rings. The largest absolute Gasteiger partial charge is 0.352 e. The molecule has 3 aromatic rings. The molecule has 0 unspecified atom stereocenters. The fraction of sp³-hybridized carbons (Fsp3) is 0.227. The molecule has 0 spiro atoms. The van der Waals surface area contributed by atoms with Crippen LogP contribution in [-0.4, -0.2) is 28.6 Å². The Hall–Kier alpha value is -3.41. The molecule has 0 bridgehead atoms. The van der Waals surface area contributed by atoms with E-state index in [0.29, 0.717) is 29.4 Å². The molecular formula is C22H22N4O2. The molecule has 1 aromatic heterocycles. The molecular weight excluding hydrogens is 352 g/mol. The van der Waals surface area contributed by atoms with Crippen LogP contribution in [0.4, 0.5) is 5.69 Å². The van der Waals surface area contributed by atoms with Gasteiger partial charge >= 0.3 is 0 Å². The van der Waals surface area contributed by atoms with Gasteiger partial charge < -0.3 is 10.6 Å². The number of aromatic nitrogens is 2. The van der Waals surface area contributed by atoms with Crippen molar-refractivity contribution in [1.82, 2.24) is 15.5 Å². The molecule has 3 N–H and O–H groups in total.